The molecule has 1 atom stereocenters. The van der Waals surface area contributed by atoms with Crippen LogP contribution in [-0.2, 0) is 9.84 Å². The van der Waals surface area contributed by atoms with E-state index in [1.807, 2.05) is 31.2 Å². The summed E-state index contributed by atoms with van der Waals surface area (Å²) < 4.78 is 22.4. The minimum Gasteiger partial charge on any atom is -0.271 e. The Morgan fingerprint density at radius 1 is 1.40 bits per heavy atom. The second-order valence-corrected chi connectivity index (χ2v) is 5.85. The summed E-state index contributed by atoms with van der Waals surface area (Å²) >= 11 is 0. The number of hydrazine groups is 1. The van der Waals surface area contributed by atoms with E-state index < -0.39 is 9.84 Å². The molecule has 0 radical (unpaired) electrons. The van der Waals surface area contributed by atoms with E-state index in [0.29, 0.717) is 0 Å². The van der Waals surface area contributed by atoms with Crippen LogP contribution in [-0.4, -0.2) is 20.4 Å². The lowest BCUT2D eigenvalue weighted by atomic mass is 10.0. The van der Waals surface area contributed by atoms with Gasteiger partial charge >= 0.3 is 0 Å². The van der Waals surface area contributed by atoms with E-state index >= 15 is 0 Å². The van der Waals surface area contributed by atoms with Crippen LogP contribution in [0.5, 0.6) is 0 Å². The zero-order valence-corrected chi connectivity index (χ0v) is 9.71. The van der Waals surface area contributed by atoms with Gasteiger partial charge < -0.3 is 0 Å². The van der Waals surface area contributed by atoms with Gasteiger partial charge in [0.1, 0.15) is 9.84 Å². The molecule has 0 aliphatic carbocycles. The molecule has 3 N–H and O–H groups in total. The number of aryl methyl sites for hydroxylation is 1. The summed E-state index contributed by atoms with van der Waals surface area (Å²) in [6, 6.07) is 7.25. The maximum atomic E-state index is 11.2. The molecule has 0 aromatic heterocycles. The summed E-state index contributed by atoms with van der Waals surface area (Å²) in [5.41, 5.74) is 4.49. The molecule has 0 saturated carbocycles. The average Bonchev–Trinajstić information content (AvgIpc) is 2.14. The van der Waals surface area contributed by atoms with Gasteiger partial charge in [-0.1, -0.05) is 24.3 Å². The van der Waals surface area contributed by atoms with Crippen molar-refractivity contribution >= 4 is 9.84 Å². The quantitative estimate of drug-likeness (QED) is 0.583. The lowest BCUT2D eigenvalue weighted by Crippen LogP contribution is -2.33. The third-order valence-electron chi connectivity index (χ3n) is 2.23. The van der Waals surface area contributed by atoms with Crippen molar-refractivity contribution in [2.45, 2.75) is 13.0 Å². The molecule has 1 aromatic carbocycles. The second-order valence-electron chi connectivity index (χ2n) is 3.67. The molecule has 1 rings (SSSR count). The molecular formula is C10H16N2O2S. The summed E-state index contributed by atoms with van der Waals surface area (Å²) in [6.07, 6.45) is 1.20. The van der Waals surface area contributed by atoms with E-state index in [0.717, 1.165) is 11.1 Å². The van der Waals surface area contributed by atoms with Crippen molar-refractivity contribution in [3.05, 3.63) is 35.4 Å². The molecule has 0 bridgehead atoms. The van der Waals surface area contributed by atoms with Gasteiger partial charge in [-0.25, -0.2) is 8.42 Å². The van der Waals surface area contributed by atoms with E-state index in [1.54, 1.807) is 0 Å². The smallest absolute Gasteiger partial charge is 0.149 e. The van der Waals surface area contributed by atoms with Gasteiger partial charge in [-0.15, -0.1) is 0 Å². The third kappa shape index (κ3) is 3.62. The molecule has 0 amide bonds. The van der Waals surface area contributed by atoms with Gasteiger partial charge in [0.05, 0.1) is 11.8 Å². The zero-order chi connectivity index (χ0) is 11.5. The Morgan fingerprint density at radius 3 is 2.47 bits per heavy atom. The fourth-order valence-electron chi connectivity index (χ4n) is 1.51. The number of nitrogens with one attached hydrogen (secondary N) is 1. The molecule has 15 heavy (non-hydrogen) atoms. The predicted molar refractivity (Wildman–Crippen MR) is 61.0 cm³/mol. The first-order valence-corrected chi connectivity index (χ1v) is 6.69. The third-order valence-corrected chi connectivity index (χ3v) is 3.17. The van der Waals surface area contributed by atoms with Gasteiger partial charge in [0.15, 0.2) is 0 Å². The van der Waals surface area contributed by atoms with E-state index in [1.165, 1.54) is 6.26 Å². The van der Waals surface area contributed by atoms with Crippen LogP contribution in [0.4, 0.5) is 0 Å². The Hall–Kier alpha value is -0.910. The number of sulfone groups is 1. The second kappa shape index (κ2) is 4.74. The van der Waals surface area contributed by atoms with Gasteiger partial charge in [-0.2, -0.15) is 0 Å². The Bertz CT molecular complexity index is 429. The van der Waals surface area contributed by atoms with Crippen LogP contribution >= 0.6 is 0 Å². The fraction of sp³-hybridized carbons (Fsp3) is 0.400. The maximum absolute atomic E-state index is 11.2. The first-order chi connectivity index (χ1) is 6.94. The Balaban J connectivity index is 2.98. The predicted octanol–water partition coefficient (Wildman–Crippen LogP) is 0.544. The van der Waals surface area contributed by atoms with Crippen molar-refractivity contribution in [1.29, 1.82) is 0 Å². The van der Waals surface area contributed by atoms with E-state index in [-0.39, 0.29) is 11.8 Å². The summed E-state index contributed by atoms with van der Waals surface area (Å²) in [5, 5.41) is 0. The Morgan fingerprint density at radius 2 is 2.00 bits per heavy atom. The molecule has 1 unspecified atom stereocenters. The van der Waals surface area contributed by atoms with E-state index in [9.17, 15) is 8.42 Å². The fourth-order valence-corrected chi connectivity index (χ4v) is 2.39. The molecule has 0 spiro atoms. The highest BCUT2D eigenvalue weighted by molar-refractivity contribution is 7.90. The van der Waals surface area contributed by atoms with Crippen molar-refractivity contribution in [1.82, 2.24) is 5.43 Å². The largest absolute Gasteiger partial charge is 0.271 e. The topological polar surface area (TPSA) is 72.2 Å². The van der Waals surface area contributed by atoms with Crippen LogP contribution in [0.15, 0.2) is 24.3 Å². The van der Waals surface area contributed by atoms with Crippen LogP contribution < -0.4 is 11.3 Å². The Labute approximate surface area is 90.4 Å². The zero-order valence-electron chi connectivity index (χ0n) is 8.90. The van der Waals surface area contributed by atoms with Crippen LogP contribution in [0.1, 0.15) is 17.2 Å². The van der Waals surface area contributed by atoms with Crippen molar-refractivity contribution in [2.24, 2.45) is 5.84 Å². The number of rotatable bonds is 4. The highest BCUT2D eigenvalue weighted by Crippen LogP contribution is 2.17. The van der Waals surface area contributed by atoms with Crippen molar-refractivity contribution in [3.63, 3.8) is 0 Å². The molecule has 5 heteroatoms. The summed E-state index contributed by atoms with van der Waals surface area (Å²) in [5.74, 6) is 5.37. The monoisotopic (exact) mass is 228 g/mol. The number of benzene rings is 1. The van der Waals surface area contributed by atoms with Gasteiger partial charge in [0.25, 0.3) is 0 Å². The lowest BCUT2D eigenvalue weighted by Gasteiger charge is -2.17. The van der Waals surface area contributed by atoms with Crippen molar-refractivity contribution in [2.75, 3.05) is 12.0 Å². The standard InChI is InChI=1S/C10H16N2O2S/c1-8-5-3-4-6-9(8)10(12-11)7-15(2,13)14/h3-6,10,12H,7,11H2,1-2H3. The molecule has 0 saturated heterocycles. The van der Waals surface area contributed by atoms with Gasteiger partial charge in [0.2, 0.25) is 0 Å². The van der Waals surface area contributed by atoms with Gasteiger partial charge in [-0.05, 0) is 18.1 Å². The highest BCUT2D eigenvalue weighted by Gasteiger charge is 2.17. The lowest BCUT2D eigenvalue weighted by molar-refractivity contribution is 0.563. The molecular weight excluding hydrogens is 212 g/mol. The summed E-state index contributed by atoms with van der Waals surface area (Å²) in [4.78, 5) is 0. The van der Waals surface area contributed by atoms with Crippen LogP contribution in [0, 0.1) is 6.92 Å². The molecule has 1 aromatic rings. The van der Waals surface area contributed by atoms with Crippen LogP contribution in [0.25, 0.3) is 0 Å². The number of nitrogens with two attached hydrogens (primary N) is 1. The van der Waals surface area contributed by atoms with Gasteiger partial charge in [-0.3, -0.25) is 11.3 Å². The van der Waals surface area contributed by atoms with Crippen molar-refractivity contribution < 1.29 is 8.42 Å². The number of hydrogen-bond donors (Lipinski definition) is 2. The normalized spacial score (nSPS) is 13.8. The van der Waals surface area contributed by atoms with E-state index in [4.69, 9.17) is 5.84 Å². The van der Waals surface area contributed by atoms with E-state index in [2.05, 4.69) is 5.43 Å². The molecule has 0 heterocycles. The van der Waals surface area contributed by atoms with Crippen molar-refractivity contribution in [3.8, 4) is 0 Å². The van der Waals surface area contributed by atoms with Gasteiger partial charge in [0, 0.05) is 6.26 Å². The summed E-state index contributed by atoms with van der Waals surface area (Å²) in [7, 11) is -3.04. The molecule has 0 aliphatic heterocycles. The molecule has 4 nitrogen and oxygen atoms in total. The minimum atomic E-state index is -3.04. The Kier molecular flexibility index (Phi) is 3.84. The first kappa shape index (κ1) is 12.2. The molecule has 0 aliphatic rings. The number of hydrogen-bond acceptors (Lipinski definition) is 4. The maximum Gasteiger partial charge on any atom is 0.149 e. The minimum absolute atomic E-state index is 0.00829. The average molecular weight is 228 g/mol. The molecule has 0 fully saturated rings. The SMILES string of the molecule is Cc1ccccc1C(CS(C)(=O)=O)NN. The first-order valence-electron chi connectivity index (χ1n) is 4.63. The highest BCUT2D eigenvalue weighted by atomic mass is 32.2. The van der Waals surface area contributed by atoms with Crippen LogP contribution in [0.2, 0.25) is 0 Å². The molecule has 84 valence electrons. The summed E-state index contributed by atoms with van der Waals surface area (Å²) in [6.45, 7) is 1.93. The van der Waals surface area contributed by atoms with Crippen LogP contribution in [0.3, 0.4) is 0 Å².